The molecule has 2 aromatic carbocycles. The van der Waals surface area contributed by atoms with E-state index >= 15 is 0 Å². The van der Waals surface area contributed by atoms with Crippen LogP contribution in [0.15, 0.2) is 58.1 Å². The standard InChI is InChI=1S/C23H16ClF5N4O/c1-9-19(26)21(28)18(22(29)20(9)27)15(30)5-10-4-12-16(7-17(10)34)31-8-32-23(12)33-11-2-3-14(25)13(24)6-11/h2-4,6-8,16,30,33-34H,5H2,1H3,(H,31,32). The highest BCUT2D eigenvalue weighted by Crippen LogP contribution is 2.32. The Morgan fingerprint density at radius 1 is 1.15 bits per heavy atom. The highest BCUT2D eigenvalue weighted by atomic mass is 35.5. The molecule has 4 rings (SSSR count). The Kier molecular flexibility index (Phi) is 6.18. The normalized spacial score (nSPS) is 17.1. The van der Waals surface area contributed by atoms with E-state index in [1.165, 1.54) is 36.7 Å². The van der Waals surface area contributed by atoms with E-state index in [-0.39, 0.29) is 16.4 Å². The first-order chi connectivity index (χ1) is 16.1. The summed E-state index contributed by atoms with van der Waals surface area (Å²) >= 11 is 5.81. The molecule has 34 heavy (non-hydrogen) atoms. The molecule has 176 valence electrons. The number of aliphatic hydroxyl groups is 1. The van der Waals surface area contributed by atoms with Crippen LogP contribution >= 0.6 is 11.6 Å². The van der Waals surface area contributed by atoms with Crippen molar-refractivity contribution < 1.29 is 27.1 Å². The van der Waals surface area contributed by atoms with Gasteiger partial charge in [-0.3, -0.25) is 4.99 Å². The molecule has 0 radical (unpaired) electrons. The first kappa shape index (κ1) is 23.5. The SMILES string of the molecule is Cc1c(F)c(F)c(C(=N)CC2=CC3=C(Nc4ccc(F)c(Cl)c4)NC=NC3C=C2O)c(F)c1F. The number of hydrogen-bond acceptors (Lipinski definition) is 5. The third-order valence-corrected chi connectivity index (χ3v) is 5.66. The van der Waals surface area contributed by atoms with Crippen LogP contribution in [-0.2, 0) is 0 Å². The molecule has 0 spiro atoms. The van der Waals surface area contributed by atoms with Gasteiger partial charge in [0, 0.05) is 34.5 Å². The third-order valence-electron chi connectivity index (χ3n) is 5.37. The number of halogens is 6. The average molecular weight is 495 g/mol. The van der Waals surface area contributed by atoms with Crippen molar-refractivity contribution in [1.29, 1.82) is 5.41 Å². The zero-order chi connectivity index (χ0) is 24.7. The molecule has 5 nitrogen and oxygen atoms in total. The van der Waals surface area contributed by atoms with Crippen LogP contribution in [0.2, 0.25) is 5.02 Å². The molecular formula is C23H16ClF5N4O. The lowest BCUT2D eigenvalue weighted by Crippen LogP contribution is -2.30. The van der Waals surface area contributed by atoms with Gasteiger partial charge >= 0.3 is 0 Å². The summed E-state index contributed by atoms with van der Waals surface area (Å²) in [7, 11) is 0. The van der Waals surface area contributed by atoms with E-state index < -0.39 is 58.4 Å². The molecule has 1 unspecified atom stereocenters. The molecule has 1 atom stereocenters. The number of fused-ring (bicyclic) bond motifs is 1. The predicted molar refractivity (Wildman–Crippen MR) is 119 cm³/mol. The largest absolute Gasteiger partial charge is 0.508 e. The minimum Gasteiger partial charge on any atom is -0.508 e. The quantitative estimate of drug-likeness (QED) is 0.241. The maximum Gasteiger partial charge on any atom is 0.171 e. The summed E-state index contributed by atoms with van der Waals surface area (Å²) in [5.41, 5.74) is -1.78. The monoisotopic (exact) mass is 494 g/mol. The Morgan fingerprint density at radius 2 is 1.82 bits per heavy atom. The van der Waals surface area contributed by atoms with Crippen LogP contribution in [0, 0.1) is 41.4 Å². The van der Waals surface area contributed by atoms with E-state index in [2.05, 4.69) is 15.6 Å². The molecular weight excluding hydrogens is 479 g/mol. The summed E-state index contributed by atoms with van der Waals surface area (Å²) in [6.45, 7) is 0.883. The summed E-state index contributed by atoms with van der Waals surface area (Å²) in [4.78, 5) is 4.18. The van der Waals surface area contributed by atoms with Gasteiger partial charge < -0.3 is 21.1 Å². The van der Waals surface area contributed by atoms with Crippen molar-refractivity contribution in [2.24, 2.45) is 4.99 Å². The molecule has 1 heterocycles. The molecule has 0 amide bonds. The second kappa shape index (κ2) is 8.94. The number of allylic oxidation sites excluding steroid dienone is 1. The molecule has 0 bridgehead atoms. The topological polar surface area (TPSA) is 80.5 Å². The van der Waals surface area contributed by atoms with Crippen LogP contribution in [0.5, 0.6) is 0 Å². The Balaban J connectivity index is 1.68. The summed E-state index contributed by atoms with van der Waals surface area (Å²) in [6, 6.07) is 3.33. The number of benzene rings is 2. The fourth-order valence-corrected chi connectivity index (χ4v) is 3.74. The predicted octanol–water partition coefficient (Wildman–Crippen LogP) is 5.81. The van der Waals surface area contributed by atoms with Gasteiger partial charge in [-0.05, 0) is 37.3 Å². The number of nitrogens with one attached hydrogen (secondary N) is 3. The zero-order valence-corrected chi connectivity index (χ0v) is 18.2. The minimum absolute atomic E-state index is 0.0618. The molecule has 1 aliphatic heterocycles. The van der Waals surface area contributed by atoms with Crippen LogP contribution in [0.3, 0.4) is 0 Å². The molecule has 1 aliphatic carbocycles. The zero-order valence-electron chi connectivity index (χ0n) is 17.4. The van der Waals surface area contributed by atoms with Crippen LogP contribution in [0.4, 0.5) is 27.6 Å². The number of rotatable bonds is 5. The van der Waals surface area contributed by atoms with Gasteiger partial charge in [0.25, 0.3) is 0 Å². The number of hydrogen-bond donors (Lipinski definition) is 4. The van der Waals surface area contributed by atoms with Crippen molar-refractivity contribution in [3.05, 3.63) is 98.3 Å². The lowest BCUT2D eigenvalue weighted by atomic mass is 9.90. The fourth-order valence-electron chi connectivity index (χ4n) is 3.56. The van der Waals surface area contributed by atoms with Gasteiger partial charge in [-0.1, -0.05) is 11.6 Å². The second-order valence-electron chi connectivity index (χ2n) is 7.58. The lowest BCUT2D eigenvalue weighted by molar-refractivity contribution is 0.415. The van der Waals surface area contributed by atoms with Gasteiger partial charge in [0.05, 0.1) is 16.9 Å². The number of aliphatic hydroxyl groups excluding tert-OH is 1. The molecule has 0 aromatic heterocycles. The van der Waals surface area contributed by atoms with E-state index in [1.54, 1.807) is 0 Å². The van der Waals surface area contributed by atoms with Crippen LogP contribution in [0.1, 0.15) is 17.5 Å². The third kappa shape index (κ3) is 4.16. The Bertz CT molecular complexity index is 1320. The Labute approximate surface area is 195 Å². The van der Waals surface area contributed by atoms with Gasteiger partial charge in [0.1, 0.15) is 23.4 Å². The molecule has 2 aromatic rings. The van der Waals surface area contributed by atoms with E-state index in [4.69, 9.17) is 17.0 Å². The summed E-state index contributed by atoms with van der Waals surface area (Å²) in [5.74, 6) is -7.06. The van der Waals surface area contributed by atoms with Crippen molar-refractivity contribution in [2.45, 2.75) is 19.4 Å². The van der Waals surface area contributed by atoms with Gasteiger partial charge in [-0.2, -0.15) is 0 Å². The Morgan fingerprint density at radius 3 is 2.47 bits per heavy atom. The lowest BCUT2D eigenvalue weighted by Gasteiger charge is -2.26. The van der Waals surface area contributed by atoms with Crippen LogP contribution in [0.25, 0.3) is 0 Å². The summed E-state index contributed by atoms with van der Waals surface area (Å²) < 4.78 is 70.0. The number of nitrogens with zero attached hydrogens (tertiary/aromatic N) is 1. The second-order valence-corrected chi connectivity index (χ2v) is 7.99. The molecule has 11 heteroatoms. The maximum absolute atomic E-state index is 14.3. The minimum atomic E-state index is -1.68. The molecule has 0 saturated heterocycles. The van der Waals surface area contributed by atoms with Crippen molar-refractivity contribution in [2.75, 3.05) is 5.32 Å². The Hall–Kier alpha value is -3.66. The first-order valence-electron chi connectivity index (χ1n) is 9.85. The van der Waals surface area contributed by atoms with Crippen molar-refractivity contribution >= 4 is 29.3 Å². The highest BCUT2D eigenvalue weighted by molar-refractivity contribution is 6.31. The fraction of sp³-hybridized carbons (Fsp3) is 0.130. The van der Waals surface area contributed by atoms with Gasteiger partial charge in [0.2, 0.25) is 0 Å². The molecule has 0 fully saturated rings. The van der Waals surface area contributed by atoms with Gasteiger partial charge in [0.15, 0.2) is 23.3 Å². The smallest absolute Gasteiger partial charge is 0.171 e. The molecule has 0 saturated carbocycles. The van der Waals surface area contributed by atoms with E-state index in [9.17, 15) is 27.1 Å². The molecule has 4 N–H and O–H groups in total. The van der Waals surface area contributed by atoms with Crippen molar-refractivity contribution in [1.82, 2.24) is 5.32 Å². The maximum atomic E-state index is 14.3. The summed E-state index contributed by atoms with van der Waals surface area (Å²) in [5, 5.41) is 24.3. The van der Waals surface area contributed by atoms with Crippen LogP contribution < -0.4 is 10.6 Å². The summed E-state index contributed by atoms with van der Waals surface area (Å²) in [6.07, 6.45) is 3.61. The van der Waals surface area contributed by atoms with Crippen molar-refractivity contribution in [3.63, 3.8) is 0 Å². The number of aliphatic imine (C=N–C) groups is 1. The van der Waals surface area contributed by atoms with Gasteiger partial charge in [-0.25, -0.2) is 22.0 Å². The molecule has 2 aliphatic rings. The van der Waals surface area contributed by atoms with Crippen molar-refractivity contribution in [3.8, 4) is 0 Å². The number of anilines is 1. The van der Waals surface area contributed by atoms with E-state index in [1.807, 2.05) is 0 Å². The van der Waals surface area contributed by atoms with Crippen LogP contribution in [-0.4, -0.2) is 23.2 Å². The highest BCUT2D eigenvalue weighted by Gasteiger charge is 2.29. The van der Waals surface area contributed by atoms with E-state index in [0.29, 0.717) is 17.1 Å². The van der Waals surface area contributed by atoms with Gasteiger partial charge in [-0.15, -0.1) is 0 Å². The average Bonchev–Trinajstić information content (AvgIpc) is 2.80. The first-order valence-corrected chi connectivity index (χ1v) is 10.2. The van der Waals surface area contributed by atoms with E-state index in [0.717, 1.165) is 6.92 Å².